The zero-order valence-electron chi connectivity index (χ0n) is 8.79. The average molecular weight is 246 g/mol. The SMILES string of the molecule is C#CCN1CCN(S(=O)(=O)CC(=O)O)CC1. The van der Waals surface area contributed by atoms with Gasteiger partial charge in [-0.25, -0.2) is 8.42 Å². The predicted octanol–water partition coefficient (Wildman–Crippen LogP) is -1.35. The van der Waals surface area contributed by atoms with Crippen LogP contribution in [0.15, 0.2) is 0 Å². The van der Waals surface area contributed by atoms with Gasteiger partial charge in [-0.1, -0.05) is 5.92 Å². The Hall–Kier alpha value is -1.10. The Kier molecular flexibility index (Phi) is 4.29. The summed E-state index contributed by atoms with van der Waals surface area (Å²) in [7, 11) is -3.67. The van der Waals surface area contributed by atoms with Crippen molar-refractivity contribution in [1.82, 2.24) is 9.21 Å². The van der Waals surface area contributed by atoms with Gasteiger partial charge in [0.1, 0.15) is 0 Å². The number of carbonyl (C=O) groups is 1. The molecule has 1 heterocycles. The topological polar surface area (TPSA) is 77.9 Å². The summed E-state index contributed by atoms with van der Waals surface area (Å²) >= 11 is 0. The second-order valence-electron chi connectivity index (χ2n) is 3.53. The first-order valence-corrected chi connectivity index (χ1v) is 6.42. The van der Waals surface area contributed by atoms with Crippen molar-refractivity contribution in [1.29, 1.82) is 0 Å². The van der Waals surface area contributed by atoms with Crippen LogP contribution < -0.4 is 0 Å². The van der Waals surface area contributed by atoms with E-state index in [4.69, 9.17) is 11.5 Å². The largest absolute Gasteiger partial charge is 0.480 e. The molecule has 16 heavy (non-hydrogen) atoms. The Morgan fingerprint density at radius 1 is 1.31 bits per heavy atom. The van der Waals surface area contributed by atoms with Crippen LogP contribution in [0.4, 0.5) is 0 Å². The number of aliphatic carboxylic acids is 1. The van der Waals surface area contributed by atoms with Crippen LogP contribution in [0.5, 0.6) is 0 Å². The first kappa shape index (κ1) is 13.0. The van der Waals surface area contributed by atoms with Gasteiger partial charge in [0, 0.05) is 26.2 Å². The van der Waals surface area contributed by atoms with Crippen LogP contribution in [-0.2, 0) is 14.8 Å². The van der Waals surface area contributed by atoms with Crippen molar-refractivity contribution in [3.8, 4) is 12.3 Å². The standard InChI is InChI=1S/C9H14N2O4S/c1-2-3-10-4-6-11(7-5-10)16(14,15)8-9(12)13/h1H,3-8H2,(H,12,13). The molecule has 0 aromatic rings. The molecule has 1 saturated heterocycles. The van der Waals surface area contributed by atoms with Gasteiger partial charge in [-0.3, -0.25) is 9.69 Å². The molecule has 7 heteroatoms. The highest BCUT2D eigenvalue weighted by Crippen LogP contribution is 2.07. The normalized spacial score (nSPS) is 19.2. The number of carboxylic acids is 1. The number of carboxylic acid groups (broad SMARTS) is 1. The van der Waals surface area contributed by atoms with Crippen molar-refractivity contribution in [3.63, 3.8) is 0 Å². The van der Waals surface area contributed by atoms with E-state index in [1.165, 1.54) is 4.31 Å². The van der Waals surface area contributed by atoms with E-state index in [-0.39, 0.29) is 0 Å². The monoisotopic (exact) mass is 246 g/mol. The third-order valence-corrected chi connectivity index (χ3v) is 4.11. The Balaban J connectivity index is 2.54. The molecule has 0 aliphatic carbocycles. The Labute approximate surface area is 94.9 Å². The number of hydrogen-bond acceptors (Lipinski definition) is 4. The van der Waals surface area contributed by atoms with E-state index >= 15 is 0 Å². The fourth-order valence-electron chi connectivity index (χ4n) is 1.54. The molecule has 0 radical (unpaired) electrons. The highest BCUT2D eigenvalue weighted by Gasteiger charge is 2.28. The molecule has 0 saturated carbocycles. The lowest BCUT2D eigenvalue weighted by atomic mass is 10.4. The number of terminal acetylenes is 1. The molecule has 1 rings (SSSR count). The highest BCUT2D eigenvalue weighted by atomic mass is 32.2. The van der Waals surface area contributed by atoms with Gasteiger partial charge in [0.25, 0.3) is 0 Å². The van der Waals surface area contributed by atoms with E-state index in [0.717, 1.165) is 0 Å². The van der Waals surface area contributed by atoms with Crippen LogP contribution >= 0.6 is 0 Å². The minimum Gasteiger partial charge on any atom is -0.480 e. The molecule has 90 valence electrons. The van der Waals surface area contributed by atoms with Crippen LogP contribution in [0.2, 0.25) is 0 Å². The molecule has 0 aromatic carbocycles. The maximum atomic E-state index is 11.5. The van der Waals surface area contributed by atoms with E-state index in [1.807, 2.05) is 4.90 Å². The summed E-state index contributed by atoms with van der Waals surface area (Å²) in [6.45, 7) is 2.19. The summed E-state index contributed by atoms with van der Waals surface area (Å²) in [6, 6.07) is 0. The zero-order chi connectivity index (χ0) is 12.2. The van der Waals surface area contributed by atoms with E-state index in [9.17, 15) is 13.2 Å². The molecule has 0 unspecified atom stereocenters. The summed E-state index contributed by atoms with van der Waals surface area (Å²) in [5.74, 6) is 0.314. The van der Waals surface area contributed by atoms with Gasteiger partial charge in [0.15, 0.2) is 5.75 Å². The molecule has 6 nitrogen and oxygen atoms in total. The first-order valence-electron chi connectivity index (χ1n) is 4.81. The second kappa shape index (κ2) is 5.30. The lowest BCUT2D eigenvalue weighted by molar-refractivity contribution is -0.134. The van der Waals surface area contributed by atoms with E-state index < -0.39 is 21.7 Å². The van der Waals surface area contributed by atoms with Crippen molar-refractivity contribution < 1.29 is 18.3 Å². The number of rotatable bonds is 4. The summed E-state index contributed by atoms with van der Waals surface area (Å²) in [4.78, 5) is 12.3. The molecule has 0 atom stereocenters. The van der Waals surface area contributed by atoms with Crippen molar-refractivity contribution in [2.24, 2.45) is 0 Å². The molecule has 1 N–H and O–H groups in total. The number of hydrogen-bond donors (Lipinski definition) is 1. The van der Waals surface area contributed by atoms with Gasteiger partial charge in [-0.15, -0.1) is 6.42 Å². The van der Waals surface area contributed by atoms with E-state index in [2.05, 4.69) is 5.92 Å². The summed E-state index contributed by atoms with van der Waals surface area (Å²) in [5, 5.41) is 8.47. The predicted molar refractivity (Wildman–Crippen MR) is 58.3 cm³/mol. The van der Waals surface area contributed by atoms with Gasteiger partial charge in [0.05, 0.1) is 6.54 Å². The molecular weight excluding hydrogens is 232 g/mol. The van der Waals surface area contributed by atoms with Gasteiger partial charge >= 0.3 is 5.97 Å². The molecule has 1 fully saturated rings. The lowest BCUT2D eigenvalue weighted by Crippen LogP contribution is -2.49. The minimum absolute atomic E-state index is 0.303. The zero-order valence-corrected chi connectivity index (χ0v) is 9.61. The third kappa shape index (κ3) is 3.48. The molecule has 1 aliphatic rings. The Morgan fingerprint density at radius 2 is 1.88 bits per heavy atom. The van der Waals surface area contributed by atoms with Crippen LogP contribution in [0.25, 0.3) is 0 Å². The number of nitrogens with zero attached hydrogens (tertiary/aromatic N) is 2. The van der Waals surface area contributed by atoms with Gasteiger partial charge in [-0.2, -0.15) is 4.31 Å². The van der Waals surface area contributed by atoms with Crippen molar-refractivity contribution in [2.45, 2.75) is 0 Å². The maximum Gasteiger partial charge on any atom is 0.320 e. The highest BCUT2D eigenvalue weighted by molar-refractivity contribution is 7.89. The third-order valence-electron chi connectivity index (χ3n) is 2.35. The smallest absolute Gasteiger partial charge is 0.320 e. The van der Waals surface area contributed by atoms with Crippen molar-refractivity contribution in [2.75, 3.05) is 38.5 Å². The molecular formula is C9H14N2O4S. The van der Waals surface area contributed by atoms with Crippen LogP contribution in [-0.4, -0.2) is 67.2 Å². The van der Waals surface area contributed by atoms with Crippen LogP contribution in [0.3, 0.4) is 0 Å². The fraction of sp³-hybridized carbons (Fsp3) is 0.667. The Morgan fingerprint density at radius 3 is 2.31 bits per heavy atom. The molecule has 1 aliphatic heterocycles. The van der Waals surface area contributed by atoms with Gasteiger partial charge < -0.3 is 5.11 Å². The molecule has 0 aromatic heterocycles. The summed E-state index contributed by atoms with van der Waals surface area (Å²) < 4.78 is 24.3. The minimum atomic E-state index is -3.67. The Bertz CT molecular complexity index is 390. The van der Waals surface area contributed by atoms with E-state index in [1.54, 1.807) is 0 Å². The maximum absolute atomic E-state index is 11.5. The van der Waals surface area contributed by atoms with E-state index in [0.29, 0.717) is 32.7 Å². The quantitative estimate of drug-likeness (QED) is 0.621. The number of piperazine rings is 1. The van der Waals surface area contributed by atoms with Gasteiger partial charge in [0.2, 0.25) is 10.0 Å². The lowest BCUT2D eigenvalue weighted by Gasteiger charge is -2.32. The fourth-order valence-corrected chi connectivity index (χ4v) is 2.76. The number of sulfonamides is 1. The van der Waals surface area contributed by atoms with Crippen molar-refractivity contribution in [3.05, 3.63) is 0 Å². The van der Waals surface area contributed by atoms with Crippen LogP contribution in [0, 0.1) is 12.3 Å². The second-order valence-corrected chi connectivity index (χ2v) is 5.50. The van der Waals surface area contributed by atoms with Crippen LogP contribution in [0.1, 0.15) is 0 Å². The summed E-state index contributed by atoms with van der Waals surface area (Å²) in [6.07, 6.45) is 5.14. The average Bonchev–Trinajstić information content (AvgIpc) is 2.17. The molecule has 0 bridgehead atoms. The van der Waals surface area contributed by atoms with Crippen molar-refractivity contribution >= 4 is 16.0 Å². The first-order chi connectivity index (χ1) is 7.45. The summed E-state index contributed by atoms with van der Waals surface area (Å²) in [5.41, 5.74) is 0. The molecule has 0 spiro atoms. The van der Waals surface area contributed by atoms with Gasteiger partial charge in [-0.05, 0) is 0 Å². The molecule has 0 amide bonds.